The zero-order chi connectivity index (χ0) is 11.9. The van der Waals surface area contributed by atoms with E-state index in [1.165, 1.54) is 6.07 Å². The van der Waals surface area contributed by atoms with Gasteiger partial charge in [-0.05, 0) is 30.9 Å². The molecular formula is C11H13BrClNO3. The van der Waals surface area contributed by atoms with Gasteiger partial charge in [0, 0.05) is 16.1 Å². The van der Waals surface area contributed by atoms with Gasteiger partial charge in [0.1, 0.15) is 11.3 Å². The zero-order valence-corrected chi connectivity index (χ0v) is 11.3. The molecule has 6 heteroatoms. The maximum Gasteiger partial charge on any atom is 0.339 e. The lowest BCUT2D eigenvalue weighted by atomic mass is 9.99. The molecule has 0 radical (unpaired) electrons. The van der Waals surface area contributed by atoms with Crippen molar-refractivity contribution < 1.29 is 15.0 Å². The molecule has 1 aliphatic rings. The van der Waals surface area contributed by atoms with Gasteiger partial charge >= 0.3 is 5.97 Å². The summed E-state index contributed by atoms with van der Waals surface area (Å²) in [6.45, 7) is 0. The summed E-state index contributed by atoms with van der Waals surface area (Å²) in [5.74, 6) is -1.00. The van der Waals surface area contributed by atoms with Gasteiger partial charge in [-0.15, -0.1) is 12.4 Å². The Morgan fingerprint density at radius 3 is 2.53 bits per heavy atom. The van der Waals surface area contributed by atoms with E-state index in [4.69, 9.17) is 10.8 Å². The van der Waals surface area contributed by atoms with Crippen LogP contribution in [0.2, 0.25) is 0 Å². The van der Waals surface area contributed by atoms with Gasteiger partial charge in [-0.3, -0.25) is 0 Å². The fourth-order valence-corrected chi connectivity index (χ4v) is 2.22. The summed E-state index contributed by atoms with van der Waals surface area (Å²) < 4.78 is 0.619. The van der Waals surface area contributed by atoms with E-state index in [9.17, 15) is 9.90 Å². The van der Waals surface area contributed by atoms with E-state index in [1.54, 1.807) is 6.07 Å². The number of carboxylic acid groups (broad SMARTS) is 1. The van der Waals surface area contributed by atoms with E-state index >= 15 is 0 Å². The third-order valence-electron chi connectivity index (χ3n) is 2.82. The summed E-state index contributed by atoms with van der Waals surface area (Å²) in [5, 5.41) is 18.8. The average Bonchev–Trinajstić information content (AvgIpc) is 3.03. The lowest BCUT2D eigenvalue weighted by molar-refractivity contribution is 0.0693. The standard InChI is InChI=1S/C11H12BrNO3.ClH/c12-6-3-7(9(13)5-1-2-5)10(14)8(4-6)11(15)16;/h3-5,9,14H,1-2,13H2,(H,15,16);1H/t9-;/m1./s1. The molecule has 1 aromatic rings. The molecule has 0 saturated heterocycles. The number of phenols is 1. The Morgan fingerprint density at radius 2 is 2.06 bits per heavy atom. The molecule has 0 aromatic heterocycles. The Kier molecular flexibility index (Phi) is 4.41. The SMILES string of the molecule is Cl.N[C@@H](c1cc(Br)cc(C(=O)O)c1O)C1CC1. The third-order valence-corrected chi connectivity index (χ3v) is 3.28. The molecule has 1 aromatic carbocycles. The molecular weight excluding hydrogens is 309 g/mol. The fourth-order valence-electron chi connectivity index (χ4n) is 1.75. The van der Waals surface area contributed by atoms with Crippen LogP contribution in [0.1, 0.15) is 34.8 Å². The first-order valence-corrected chi connectivity index (χ1v) is 5.81. The predicted molar refractivity (Wildman–Crippen MR) is 69.7 cm³/mol. The first-order chi connectivity index (χ1) is 7.50. The number of aromatic carboxylic acids is 1. The second kappa shape index (κ2) is 5.25. The number of benzene rings is 1. The molecule has 4 N–H and O–H groups in total. The van der Waals surface area contributed by atoms with E-state index < -0.39 is 5.97 Å². The van der Waals surface area contributed by atoms with Crippen molar-refractivity contribution >= 4 is 34.3 Å². The first kappa shape index (κ1) is 14.3. The Morgan fingerprint density at radius 1 is 1.47 bits per heavy atom. The van der Waals surface area contributed by atoms with Crippen LogP contribution in [0, 0.1) is 5.92 Å². The number of carbonyl (C=O) groups is 1. The van der Waals surface area contributed by atoms with E-state index in [-0.39, 0.29) is 29.8 Å². The second-order valence-corrected chi connectivity index (χ2v) is 4.98. The van der Waals surface area contributed by atoms with Gasteiger partial charge in [-0.2, -0.15) is 0 Å². The van der Waals surface area contributed by atoms with Crippen LogP contribution in [0.25, 0.3) is 0 Å². The molecule has 1 fully saturated rings. The smallest absolute Gasteiger partial charge is 0.339 e. The molecule has 17 heavy (non-hydrogen) atoms. The van der Waals surface area contributed by atoms with Crippen LogP contribution in [0.3, 0.4) is 0 Å². The van der Waals surface area contributed by atoms with Crippen LogP contribution >= 0.6 is 28.3 Å². The van der Waals surface area contributed by atoms with Crippen molar-refractivity contribution in [3.63, 3.8) is 0 Å². The normalized spacial score (nSPS) is 16.1. The molecule has 4 nitrogen and oxygen atoms in total. The van der Waals surface area contributed by atoms with E-state index in [0.29, 0.717) is 16.0 Å². The number of hydrogen-bond acceptors (Lipinski definition) is 3. The maximum atomic E-state index is 10.9. The summed E-state index contributed by atoms with van der Waals surface area (Å²) in [6.07, 6.45) is 2.07. The van der Waals surface area contributed by atoms with Gasteiger partial charge < -0.3 is 15.9 Å². The third kappa shape index (κ3) is 2.91. The minimum atomic E-state index is -1.15. The topological polar surface area (TPSA) is 83.6 Å². The fraction of sp³-hybridized carbons (Fsp3) is 0.364. The molecule has 1 atom stereocenters. The Balaban J connectivity index is 0.00000144. The number of aromatic hydroxyl groups is 1. The highest BCUT2D eigenvalue weighted by molar-refractivity contribution is 9.10. The molecule has 0 unspecified atom stereocenters. The maximum absolute atomic E-state index is 10.9. The lowest BCUT2D eigenvalue weighted by Crippen LogP contribution is -2.14. The van der Waals surface area contributed by atoms with Crippen molar-refractivity contribution in [2.24, 2.45) is 11.7 Å². The number of rotatable bonds is 3. The molecule has 0 amide bonds. The summed E-state index contributed by atoms with van der Waals surface area (Å²) in [5.41, 5.74) is 6.36. The van der Waals surface area contributed by atoms with Gasteiger partial charge in [-0.1, -0.05) is 15.9 Å². The van der Waals surface area contributed by atoms with Crippen molar-refractivity contribution in [3.05, 3.63) is 27.7 Å². The quantitative estimate of drug-likeness (QED) is 0.799. The van der Waals surface area contributed by atoms with Crippen LogP contribution in [0.15, 0.2) is 16.6 Å². The van der Waals surface area contributed by atoms with Crippen molar-refractivity contribution in [3.8, 4) is 5.75 Å². The summed E-state index contributed by atoms with van der Waals surface area (Å²) in [6, 6.07) is 2.78. The van der Waals surface area contributed by atoms with Gasteiger partial charge in [0.25, 0.3) is 0 Å². The van der Waals surface area contributed by atoms with Gasteiger partial charge in [0.15, 0.2) is 0 Å². The van der Waals surface area contributed by atoms with E-state index in [0.717, 1.165) is 12.8 Å². The summed E-state index contributed by atoms with van der Waals surface area (Å²) in [7, 11) is 0. The number of carboxylic acids is 1. The highest BCUT2D eigenvalue weighted by Gasteiger charge is 2.32. The second-order valence-electron chi connectivity index (χ2n) is 4.06. The van der Waals surface area contributed by atoms with Gasteiger partial charge in [0.05, 0.1) is 0 Å². The van der Waals surface area contributed by atoms with Gasteiger partial charge in [-0.25, -0.2) is 4.79 Å². The number of halogens is 2. The number of hydrogen-bond donors (Lipinski definition) is 3. The Hall–Kier alpha value is -0.780. The predicted octanol–water partition coefficient (Wildman–Crippen LogP) is 2.68. The van der Waals surface area contributed by atoms with Crippen LogP contribution in [-0.2, 0) is 0 Å². The minimum Gasteiger partial charge on any atom is -0.507 e. The monoisotopic (exact) mass is 321 g/mol. The molecule has 0 spiro atoms. The molecule has 94 valence electrons. The van der Waals surface area contributed by atoms with Crippen LogP contribution < -0.4 is 5.73 Å². The highest BCUT2D eigenvalue weighted by Crippen LogP contribution is 2.43. The van der Waals surface area contributed by atoms with Crippen molar-refractivity contribution in [2.75, 3.05) is 0 Å². The minimum absolute atomic E-state index is 0. The van der Waals surface area contributed by atoms with Crippen LogP contribution in [0.4, 0.5) is 0 Å². The average molecular weight is 323 g/mol. The van der Waals surface area contributed by atoms with Crippen LogP contribution in [-0.4, -0.2) is 16.2 Å². The number of nitrogens with two attached hydrogens (primary N) is 1. The molecule has 0 heterocycles. The summed E-state index contributed by atoms with van der Waals surface area (Å²) >= 11 is 3.22. The van der Waals surface area contributed by atoms with Crippen molar-refractivity contribution in [1.82, 2.24) is 0 Å². The molecule has 1 saturated carbocycles. The largest absolute Gasteiger partial charge is 0.507 e. The van der Waals surface area contributed by atoms with Crippen molar-refractivity contribution in [1.29, 1.82) is 0 Å². The Bertz CT molecular complexity index is 449. The first-order valence-electron chi connectivity index (χ1n) is 5.02. The Labute approximate surface area is 113 Å². The molecule has 0 aliphatic heterocycles. The van der Waals surface area contributed by atoms with Gasteiger partial charge in [0.2, 0.25) is 0 Å². The summed E-state index contributed by atoms with van der Waals surface area (Å²) in [4.78, 5) is 10.9. The zero-order valence-electron chi connectivity index (χ0n) is 8.89. The molecule has 2 rings (SSSR count). The molecule has 0 bridgehead atoms. The lowest BCUT2D eigenvalue weighted by Gasteiger charge is -2.14. The molecule has 1 aliphatic carbocycles. The van der Waals surface area contributed by atoms with E-state index in [1.807, 2.05) is 0 Å². The van der Waals surface area contributed by atoms with Crippen LogP contribution in [0.5, 0.6) is 5.75 Å². The van der Waals surface area contributed by atoms with Crippen molar-refractivity contribution in [2.45, 2.75) is 18.9 Å². The highest BCUT2D eigenvalue weighted by atomic mass is 79.9. The van der Waals surface area contributed by atoms with E-state index in [2.05, 4.69) is 15.9 Å².